The van der Waals surface area contributed by atoms with Gasteiger partial charge in [0.05, 0.1) is 16.7 Å². The van der Waals surface area contributed by atoms with Crippen LogP contribution in [0.1, 0.15) is 65.3 Å². The van der Waals surface area contributed by atoms with Gasteiger partial charge in [-0.05, 0) is 62.6 Å². The van der Waals surface area contributed by atoms with Gasteiger partial charge in [-0.15, -0.1) is 0 Å². The van der Waals surface area contributed by atoms with Gasteiger partial charge in [0.15, 0.2) is 0 Å². The summed E-state index contributed by atoms with van der Waals surface area (Å²) in [4.78, 5) is 23.9. The molecule has 29 heavy (non-hydrogen) atoms. The molecule has 1 aliphatic heterocycles. The lowest BCUT2D eigenvalue weighted by Gasteiger charge is -2.39. The van der Waals surface area contributed by atoms with Crippen molar-refractivity contribution >= 4 is 11.9 Å². The summed E-state index contributed by atoms with van der Waals surface area (Å²) in [6.07, 6.45) is 2.77. The summed E-state index contributed by atoms with van der Waals surface area (Å²) < 4.78 is 5.89. The zero-order valence-corrected chi connectivity index (χ0v) is 17.1. The Labute approximate surface area is 172 Å². The summed E-state index contributed by atoms with van der Waals surface area (Å²) in [5.41, 5.74) is 1.36. The van der Waals surface area contributed by atoms with Crippen LogP contribution in [-0.2, 0) is 4.74 Å². The van der Waals surface area contributed by atoms with Crippen molar-refractivity contribution in [1.29, 1.82) is 0 Å². The minimum Gasteiger partial charge on any atom is -0.478 e. The molecule has 1 saturated heterocycles. The van der Waals surface area contributed by atoms with Crippen molar-refractivity contribution in [3.63, 3.8) is 0 Å². The van der Waals surface area contributed by atoms with E-state index in [1.54, 1.807) is 18.2 Å². The van der Waals surface area contributed by atoms with Gasteiger partial charge in [-0.1, -0.05) is 42.5 Å². The Hall–Kier alpha value is -2.66. The number of carbonyl (C=O) groups excluding carboxylic acids is 1. The van der Waals surface area contributed by atoms with Crippen molar-refractivity contribution in [3.05, 3.63) is 71.3 Å². The SMILES string of the molecule is CC1(C)CC(C(CCNC(=O)c2ccccc2C(=O)O)c2ccccc2)CCO1. The van der Waals surface area contributed by atoms with Crippen LogP contribution in [-0.4, -0.2) is 35.7 Å². The number of amides is 1. The maximum atomic E-state index is 12.6. The molecule has 2 aromatic rings. The second-order valence-electron chi connectivity index (χ2n) is 8.27. The lowest BCUT2D eigenvalue weighted by Crippen LogP contribution is -2.37. The van der Waals surface area contributed by atoms with Crippen LogP contribution in [0.3, 0.4) is 0 Å². The number of carboxylic acid groups (broad SMARTS) is 1. The Kier molecular flexibility index (Phi) is 6.70. The van der Waals surface area contributed by atoms with Crippen LogP contribution in [0.15, 0.2) is 54.6 Å². The van der Waals surface area contributed by atoms with E-state index < -0.39 is 5.97 Å². The van der Waals surface area contributed by atoms with Crippen molar-refractivity contribution in [1.82, 2.24) is 5.32 Å². The van der Waals surface area contributed by atoms with E-state index in [0.29, 0.717) is 18.4 Å². The first kappa shape index (κ1) is 21.1. The first-order valence-corrected chi connectivity index (χ1v) is 10.2. The Morgan fingerprint density at radius 3 is 2.41 bits per heavy atom. The Morgan fingerprint density at radius 1 is 1.10 bits per heavy atom. The molecule has 1 aliphatic rings. The minimum absolute atomic E-state index is 0.0239. The number of rotatable bonds is 7. The maximum Gasteiger partial charge on any atom is 0.336 e. The third-order valence-electron chi connectivity index (χ3n) is 5.67. The van der Waals surface area contributed by atoms with Crippen molar-refractivity contribution in [2.45, 2.75) is 44.6 Å². The summed E-state index contributed by atoms with van der Waals surface area (Å²) in [5.74, 6) is -0.650. The molecule has 0 spiro atoms. The molecule has 0 aliphatic carbocycles. The number of carboxylic acids is 1. The van der Waals surface area contributed by atoms with Gasteiger partial charge >= 0.3 is 5.97 Å². The quantitative estimate of drug-likeness (QED) is 0.724. The highest BCUT2D eigenvalue weighted by atomic mass is 16.5. The van der Waals surface area contributed by atoms with Crippen molar-refractivity contribution in [2.75, 3.05) is 13.2 Å². The van der Waals surface area contributed by atoms with Gasteiger partial charge in [-0.25, -0.2) is 4.79 Å². The normalized spacial score (nSPS) is 19.3. The van der Waals surface area contributed by atoms with Gasteiger partial charge in [0.25, 0.3) is 5.91 Å². The highest BCUT2D eigenvalue weighted by molar-refractivity contribution is 6.04. The number of ether oxygens (including phenoxy) is 1. The first-order valence-electron chi connectivity index (χ1n) is 10.2. The van der Waals surface area contributed by atoms with Crippen LogP contribution in [0.4, 0.5) is 0 Å². The van der Waals surface area contributed by atoms with Gasteiger partial charge < -0.3 is 15.2 Å². The second-order valence-corrected chi connectivity index (χ2v) is 8.27. The molecule has 154 valence electrons. The van der Waals surface area contributed by atoms with E-state index >= 15 is 0 Å². The van der Waals surface area contributed by atoms with Crippen molar-refractivity contribution < 1.29 is 19.4 Å². The fourth-order valence-electron chi connectivity index (χ4n) is 4.30. The lowest BCUT2D eigenvalue weighted by molar-refractivity contribution is -0.0771. The highest BCUT2D eigenvalue weighted by Gasteiger charge is 2.34. The summed E-state index contributed by atoms with van der Waals surface area (Å²) in [5, 5.41) is 12.2. The molecular weight excluding hydrogens is 366 g/mol. The van der Waals surface area contributed by atoms with Gasteiger partial charge in [-0.2, -0.15) is 0 Å². The van der Waals surface area contributed by atoms with Crippen molar-refractivity contribution in [3.8, 4) is 0 Å². The number of aromatic carboxylic acids is 1. The van der Waals surface area contributed by atoms with Crippen LogP contribution in [0, 0.1) is 5.92 Å². The summed E-state index contributed by atoms with van der Waals surface area (Å²) >= 11 is 0. The zero-order chi connectivity index (χ0) is 20.9. The average Bonchev–Trinajstić information content (AvgIpc) is 2.71. The smallest absolute Gasteiger partial charge is 0.336 e. The largest absolute Gasteiger partial charge is 0.478 e. The zero-order valence-electron chi connectivity index (χ0n) is 17.1. The molecule has 2 N–H and O–H groups in total. The maximum absolute atomic E-state index is 12.6. The molecule has 5 heteroatoms. The predicted octanol–water partition coefficient (Wildman–Crippen LogP) is 4.49. The molecule has 0 radical (unpaired) electrons. The van der Waals surface area contributed by atoms with E-state index in [4.69, 9.17) is 4.74 Å². The average molecular weight is 395 g/mol. The van der Waals surface area contributed by atoms with E-state index in [1.807, 2.05) is 6.07 Å². The number of hydrogen-bond acceptors (Lipinski definition) is 3. The second kappa shape index (κ2) is 9.23. The summed E-state index contributed by atoms with van der Waals surface area (Å²) in [7, 11) is 0. The lowest BCUT2D eigenvalue weighted by atomic mass is 9.75. The van der Waals surface area contributed by atoms with E-state index in [1.165, 1.54) is 11.6 Å². The van der Waals surface area contributed by atoms with E-state index in [-0.39, 0.29) is 22.6 Å². The number of hydrogen-bond donors (Lipinski definition) is 2. The molecule has 2 atom stereocenters. The third kappa shape index (κ3) is 5.45. The van der Waals surface area contributed by atoms with Crippen LogP contribution < -0.4 is 5.32 Å². The van der Waals surface area contributed by atoms with E-state index in [9.17, 15) is 14.7 Å². The molecule has 1 amide bonds. The molecule has 0 aromatic heterocycles. The molecule has 0 bridgehead atoms. The Morgan fingerprint density at radius 2 is 1.76 bits per heavy atom. The molecule has 2 aromatic carbocycles. The molecular formula is C24H29NO4. The molecule has 1 fully saturated rings. The third-order valence-corrected chi connectivity index (χ3v) is 5.67. The molecule has 2 unspecified atom stereocenters. The van der Waals surface area contributed by atoms with Gasteiger partial charge in [0, 0.05) is 13.2 Å². The van der Waals surface area contributed by atoms with Gasteiger partial charge in [0.2, 0.25) is 0 Å². The molecule has 1 heterocycles. The topological polar surface area (TPSA) is 75.6 Å². The van der Waals surface area contributed by atoms with Crippen LogP contribution >= 0.6 is 0 Å². The standard InChI is InChI=1S/C24H29NO4/c1-24(2)16-18(13-15-29-24)19(17-8-4-3-5-9-17)12-14-25-22(26)20-10-6-7-11-21(20)23(27)28/h3-11,18-19H,12-16H2,1-2H3,(H,25,26)(H,27,28). The van der Waals surface area contributed by atoms with E-state index in [2.05, 4.69) is 43.4 Å². The van der Waals surface area contributed by atoms with E-state index in [0.717, 1.165) is 25.9 Å². The number of benzene rings is 2. The number of carbonyl (C=O) groups is 2. The predicted molar refractivity (Wildman–Crippen MR) is 112 cm³/mol. The highest BCUT2D eigenvalue weighted by Crippen LogP contribution is 2.39. The monoisotopic (exact) mass is 395 g/mol. The fourth-order valence-corrected chi connectivity index (χ4v) is 4.30. The minimum atomic E-state index is -1.10. The molecule has 0 saturated carbocycles. The van der Waals surface area contributed by atoms with Crippen LogP contribution in [0.2, 0.25) is 0 Å². The van der Waals surface area contributed by atoms with Crippen LogP contribution in [0.25, 0.3) is 0 Å². The molecule has 5 nitrogen and oxygen atoms in total. The summed E-state index contributed by atoms with van der Waals surface area (Å²) in [6, 6.07) is 16.7. The van der Waals surface area contributed by atoms with Crippen molar-refractivity contribution in [2.24, 2.45) is 5.92 Å². The van der Waals surface area contributed by atoms with Gasteiger partial charge in [-0.3, -0.25) is 4.79 Å². The fraction of sp³-hybridized carbons (Fsp3) is 0.417. The van der Waals surface area contributed by atoms with Crippen LogP contribution in [0.5, 0.6) is 0 Å². The first-order chi connectivity index (χ1) is 13.9. The molecule has 3 rings (SSSR count). The Balaban J connectivity index is 1.69. The Bertz CT molecular complexity index is 847. The summed E-state index contributed by atoms with van der Waals surface area (Å²) in [6.45, 7) is 5.50. The van der Waals surface area contributed by atoms with Gasteiger partial charge in [0.1, 0.15) is 0 Å². The number of nitrogens with one attached hydrogen (secondary N) is 1.